The highest BCUT2D eigenvalue weighted by Gasteiger charge is 2.29. The van der Waals surface area contributed by atoms with Gasteiger partial charge in [-0.15, -0.1) is 6.42 Å². The smallest absolute Gasteiger partial charge is 0.298 e. The summed E-state index contributed by atoms with van der Waals surface area (Å²) >= 11 is 0. The monoisotopic (exact) mass is 278 g/mol. The molecule has 2 nitrogen and oxygen atoms in total. The highest BCUT2D eigenvalue weighted by molar-refractivity contribution is 5.61. The van der Waals surface area contributed by atoms with E-state index in [9.17, 15) is 13.2 Å². The van der Waals surface area contributed by atoms with Gasteiger partial charge in [0.2, 0.25) is 0 Å². The van der Waals surface area contributed by atoms with Crippen molar-refractivity contribution in [3.05, 3.63) is 35.4 Å². The third-order valence-corrected chi connectivity index (χ3v) is 2.27. The Balaban J connectivity index is 2.36. The Morgan fingerprint density at radius 3 is 2.50 bits per heavy atom. The molecule has 0 aliphatic carbocycles. The molecule has 1 rings (SSSR count). The largest absolute Gasteiger partial charge is 0.416 e. The fraction of sp³-hybridized carbons (Fsp3) is 0.267. The molecule has 0 heterocycles. The maximum Gasteiger partial charge on any atom is 0.416 e. The molecule has 1 aromatic carbocycles. The van der Waals surface area contributed by atoms with Crippen LogP contribution in [0.3, 0.4) is 0 Å². The average Bonchev–Trinajstić information content (AvgIpc) is 2.41. The number of halogens is 3. The number of hydrazone groups is 1. The third-order valence-electron chi connectivity index (χ3n) is 2.27. The molecule has 0 radical (unpaired) electrons. The Kier molecular flexibility index (Phi) is 6.19. The molecular weight excluding hydrogens is 265 g/mol. The molecule has 0 saturated heterocycles. The van der Waals surface area contributed by atoms with Crippen LogP contribution < -0.4 is 5.43 Å². The second kappa shape index (κ2) is 7.91. The Labute approximate surface area is 116 Å². The lowest BCUT2D eigenvalue weighted by Gasteiger charge is -2.06. The Bertz CT molecular complexity index is 540. The SMILES string of the molecule is C#CCC#CCN/N=C/Cc1ccc(C(F)(F)F)cc1. The molecule has 0 unspecified atom stereocenters. The van der Waals surface area contributed by atoms with Gasteiger partial charge < -0.3 is 0 Å². The minimum atomic E-state index is -4.30. The van der Waals surface area contributed by atoms with E-state index >= 15 is 0 Å². The number of hydrogen-bond donors (Lipinski definition) is 1. The van der Waals surface area contributed by atoms with Crippen LogP contribution in [0.4, 0.5) is 13.2 Å². The van der Waals surface area contributed by atoms with E-state index < -0.39 is 11.7 Å². The summed E-state index contributed by atoms with van der Waals surface area (Å²) in [5, 5.41) is 3.88. The Morgan fingerprint density at radius 1 is 1.20 bits per heavy atom. The fourth-order valence-corrected chi connectivity index (χ4v) is 1.31. The highest BCUT2D eigenvalue weighted by atomic mass is 19.4. The van der Waals surface area contributed by atoms with E-state index in [2.05, 4.69) is 28.3 Å². The molecule has 1 aromatic rings. The number of rotatable bonds is 4. The zero-order valence-corrected chi connectivity index (χ0v) is 10.7. The van der Waals surface area contributed by atoms with Crippen LogP contribution in [0.5, 0.6) is 0 Å². The topological polar surface area (TPSA) is 24.4 Å². The van der Waals surface area contributed by atoms with Crippen molar-refractivity contribution in [2.24, 2.45) is 5.10 Å². The lowest BCUT2D eigenvalue weighted by atomic mass is 10.1. The van der Waals surface area contributed by atoms with Crippen molar-refractivity contribution in [1.82, 2.24) is 5.43 Å². The Hall–Kier alpha value is -2.40. The first-order chi connectivity index (χ1) is 9.54. The van der Waals surface area contributed by atoms with Crippen molar-refractivity contribution < 1.29 is 13.2 Å². The van der Waals surface area contributed by atoms with Gasteiger partial charge in [0.15, 0.2) is 0 Å². The van der Waals surface area contributed by atoms with Gasteiger partial charge in [-0.1, -0.05) is 29.9 Å². The van der Waals surface area contributed by atoms with Crippen LogP contribution in [0.15, 0.2) is 29.4 Å². The molecule has 0 saturated carbocycles. The van der Waals surface area contributed by atoms with Gasteiger partial charge in [-0.2, -0.15) is 18.3 Å². The number of terminal acetylenes is 1. The highest BCUT2D eigenvalue weighted by Crippen LogP contribution is 2.28. The molecule has 0 atom stereocenters. The number of hydrogen-bond acceptors (Lipinski definition) is 2. The van der Waals surface area contributed by atoms with Gasteiger partial charge in [0.05, 0.1) is 18.5 Å². The van der Waals surface area contributed by atoms with Gasteiger partial charge in [0.1, 0.15) is 0 Å². The molecule has 0 spiro atoms. The third kappa shape index (κ3) is 5.97. The maximum atomic E-state index is 12.3. The molecule has 0 bridgehead atoms. The summed E-state index contributed by atoms with van der Waals surface area (Å²) < 4.78 is 37.0. The van der Waals surface area contributed by atoms with Crippen LogP contribution in [-0.4, -0.2) is 12.8 Å². The molecule has 0 aliphatic rings. The summed E-state index contributed by atoms with van der Waals surface area (Å²) in [5.41, 5.74) is 2.80. The van der Waals surface area contributed by atoms with Gasteiger partial charge in [0.25, 0.3) is 0 Å². The average molecular weight is 278 g/mol. The second-order valence-electron chi connectivity index (χ2n) is 3.78. The fourth-order valence-electron chi connectivity index (χ4n) is 1.31. The van der Waals surface area contributed by atoms with Crippen molar-refractivity contribution in [3.63, 3.8) is 0 Å². The van der Waals surface area contributed by atoms with Crippen LogP contribution in [-0.2, 0) is 12.6 Å². The Morgan fingerprint density at radius 2 is 1.90 bits per heavy atom. The zero-order chi connectivity index (χ0) is 14.8. The van der Waals surface area contributed by atoms with Gasteiger partial charge in [-0.3, -0.25) is 5.43 Å². The summed E-state index contributed by atoms with van der Waals surface area (Å²) in [6.07, 6.45) is 3.14. The molecular formula is C15H13F3N2. The summed E-state index contributed by atoms with van der Waals surface area (Å²) in [5.74, 6) is 7.89. The lowest BCUT2D eigenvalue weighted by Crippen LogP contribution is -2.06. The van der Waals surface area contributed by atoms with Gasteiger partial charge in [0, 0.05) is 12.6 Å². The van der Waals surface area contributed by atoms with Gasteiger partial charge in [-0.25, -0.2) is 0 Å². The first-order valence-electron chi connectivity index (χ1n) is 5.83. The number of benzene rings is 1. The maximum absolute atomic E-state index is 12.3. The van der Waals surface area contributed by atoms with Gasteiger partial charge in [-0.05, 0) is 17.7 Å². The van der Waals surface area contributed by atoms with Crippen LogP contribution in [0.25, 0.3) is 0 Å². The van der Waals surface area contributed by atoms with Crippen molar-refractivity contribution in [3.8, 4) is 24.2 Å². The molecule has 20 heavy (non-hydrogen) atoms. The van der Waals surface area contributed by atoms with E-state index in [0.717, 1.165) is 17.7 Å². The van der Waals surface area contributed by atoms with Crippen molar-refractivity contribution in [2.75, 3.05) is 6.54 Å². The van der Waals surface area contributed by atoms with E-state index in [1.54, 1.807) is 6.21 Å². The molecule has 104 valence electrons. The van der Waals surface area contributed by atoms with E-state index in [1.165, 1.54) is 12.1 Å². The second-order valence-corrected chi connectivity index (χ2v) is 3.78. The predicted octanol–water partition coefficient (Wildman–Crippen LogP) is 2.85. The van der Waals surface area contributed by atoms with Crippen LogP contribution in [0, 0.1) is 24.2 Å². The van der Waals surface area contributed by atoms with E-state index in [4.69, 9.17) is 6.42 Å². The summed E-state index contributed by atoms with van der Waals surface area (Å²) in [4.78, 5) is 0. The standard InChI is InChI=1S/C15H13F3N2/c1-2-3-4-5-11-19-20-12-10-13-6-8-14(9-7-13)15(16,17)18/h1,6-9,12,19H,3,10-11H2/b20-12+. The molecule has 0 fully saturated rings. The van der Waals surface area contributed by atoms with E-state index in [-0.39, 0.29) is 0 Å². The van der Waals surface area contributed by atoms with Crippen molar-refractivity contribution >= 4 is 6.21 Å². The first-order valence-corrected chi connectivity index (χ1v) is 5.83. The summed E-state index contributed by atoms with van der Waals surface area (Å²) in [7, 11) is 0. The first kappa shape index (κ1) is 15.7. The lowest BCUT2D eigenvalue weighted by molar-refractivity contribution is -0.137. The van der Waals surface area contributed by atoms with Crippen LogP contribution in [0.2, 0.25) is 0 Å². The van der Waals surface area contributed by atoms with E-state index in [0.29, 0.717) is 19.4 Å². The van der Waals surface area contributed by atoms with Crippen molar-refractivity contribution in [1.29, 1.82) is 0 Å². The number of nitrogens with one attached hydrogen (secondary N) is 1. The predicted molar refractivity (Wildman–Crippen MR) is 72.9 cm³/mol. The van der Waals surface area contributed by atoms with Crippen LogP contribution in [0.1, 0.15) is 17.5 Å². The number of alkyl halides is 3. The van der Waals surface area contributed by atoms with Crippen LogP contribution >= 0.6 is 0 Å². The minimum Gasteiger partial charge on any atom is -0.298 e. The molecule has 0 aromatic heterocycles. The zero-order valence-electron chi connectivity index (χ0n) is 10.7. The molecule has 5 heteroatoms. The van der Waals surface area contributed by atoms with E-state index in [1.807, 2.05) is 0 Å². The normalized spacial score (nSPS) is 10.7. The minimum absolute atomic E-state index is 0.380. The quantitative estimate of drug-likeness (QED) is 0.389. The molecule has 1 N–H and O–H groups in total. The molecule has 0 amide bonds. The molecule has 0 aliphatic heterocycles. The summed E-state index contributed by atoms with van der Waals surface area (Å²) in [6.45, 7) is 0.380. The number of nitrogens with zero attached hydrogens (tertiary/aromatic N) is 1. The summed E-state index contributed by atoms with van der Waals surface area (Å²) in [6, 6.07) is 4.98. The van der Waals surface area contributed by atoms with Gasteiger partial charge >= 0.3 is 6.18 Å². The van der Waals surface area contributed by atoms with Crippen molar-refractivity contribution in [2.45, 2.75) is 19.0 Å².